The topological polar surface area (TPSA) is 24.5 Å². The molecule has 3 nitrogen and oxygen atoms in total. The highest BCUT2D eigenvalue weighted by atomic mass is 19.1. The average molecular weight is 254 g/mol. The van der Waals surface area contributed by atoms with Crippen molar-refractivity contribution in [3.63, 3.8) is 0 Å². The van der Waals surface area contributed by atoms with Gasteiger partial charge >= 0.3 is 0 Å². The number of hydrogen-bond acceptors (Lipinski definition) is 3. The zero-order valence-electron chi connectivity index (χ0n) is 11.7. The summed E-state index contributed by atoms with van der Waals surface area (Å²) in [5, 5.41) is 3.36. The lowest BCUT2D eigenvalue weighted by atomic mass is 10.2. The summed E-state index contributed by atoms with van der Waals surface area (Å²) in [7, 11) is 3.63. The van der Waals surface area contributed by atoms with Gasteiger partial charge in [0.25, 0.3) is 0 Å². The van der Waals surface area contributed by atoms with Crippen molar-refractivity contribution in [3.05, 3.63) is 29.6 Å². The molecule has 1 N–H and O–H groups in total. The van der Waals surface area contributed by atoms with Gasteiger partial charge in [0, 0.05) is 31.2 Å². The summed E-state index contributed by atoms with van der Waals surface area (Å²) >= 11 is 0. The zero-order chi connectivity index (χ0) is 13.5. The number of rotatable bonds is 7. The lowest BCUT2D eigenvalue weighted by molar-refractivity contribution is 0.311. The fourth-order valence-corrected chi connectivity index (χ4v) is 1.78. The third-order valence-electron chi connectivity index (χ3n) is 2.73. The minimum Gasteiger partial charge on any atom is -0.496 e. The van der Waals surface area contributed by atoms with Crippen LogP contribution in [0.1, 0.15) is 19.4 Å². The molecule has 0 atom stereocenters. The van der Waals surface area contributed by atoms with E-state index in [1.165, 1.54) is 12.1 Å². The summed E-state index contributed by atoms with van der Waals surface area (Å²) in [6, 6.07) is 5.11. The summed E-state index contributed by atoms with van der Waals surface area (Å²) in [4.78, 5) is 2.15. The highest BCUT2D eigenvalue weighted by Crippen LogP contribution is 2.20. The Morgan fingerprint density at radius 2 is 2.11 bits per heavy atom. The van der Waals surface area contributed by atoms with E-state index in [9.17, 15) is 4.39 Å². The fraction of sp³-hybridized carbons (Fsp3) is 0.571. The highest BCUT2D eigenvalue weighted by Gasteiger charge is 2.07. The number of nitrogens with one attached hydrogen (secondary N) is 1. The Morgan fingerprint density at radius 1 is 1.39 bits per heavy atom. The van der Waals surface area contributed by atoms with Crippen molar-refractivity contribution in [2.75, 3.05) is 27.2 Å². The van der Waals surface area contributed by atoms with Crippen LogP contribution in [0.3, 0.4) is 0 Å². The van der Waals surface area contributed by atoms with Gasteiger partial charge < -0.3 is 15.0 Å². The maximum absolute atomic E-state index is 13.2. The van der Waals surface area contributed by atoms with Crippen LogP contribution >= 0.6 is 0 Å². The van der Waals surface area contributed by atoms with Crippen molar-refractivity contribution in [1.82, 2.24) is 10.2 Å². The lowest BCUT2D eigenvalue weighted by Gasteiger charge is -2.19. The first-order chi connectivity index (χ1) is 8.52. The van der Waals surface area contributed by atoms with Crippen molar-refractivity contribution in [2.24, 2.45) is 0 Å². The molecule has 18 heavy (non-hydrogen) atoms. The summed E-state index contributed by atoms with van der Waals surface area (Å²) in [5.41, 5.74) is 0.879. The van der Waals surface area contributed by atoms with Gasteiger partial charge in [-0.1, -0.05) is 13.8 Å². The van der Waals surface area contributed by atoms with Gasteiger partial charge in [-0.05, 0) is 25.2 Å². The van der Waals surface area contributed by atoms with E-state index in [1.54, 1.807) is 13.2 Å². The Morgan fingerprint density at radius 3 is 2.72 bits per heavy atom. The molecule has 0 spiro atoms. The van der Waals surface area contributed by atoms with E-state index in [0.717, 1.165) is 24.4 Å². The first-order valence-electron chi connectivity index (χ1n) is 6.27. The van der Waals surface area contributed by atoms with Gasteiger partial charge in [-0.2, -0.15) is 0 Å². The average Bonchev–Trinajstić information content (AvgIpc) is 2.28. The first kappa shape index (κ1) is 14.9. The standard InChI is InChI=1S/C14H23FN2O/c1-11(2)16-7-8-17(3)10-12-9-13(15)5-6-14(12)18-4/h5-6,9,11,16H,7-8,10H2,1-4H3. The quantitative estimate of drug-likeness (QED) is 0.808. The summed E-state index contributed by atoms with van der Waals surface area (Å²) in [6.45, 7) is 6.76. The maximum atomic E-state index is 13.2. The number of likely N-dealkylation sites (N-methyl/N-ethyl adjacent to an activating group) is 1. The van der Waals surface area contributed by atoms with Gasteiger partial charge in [-0.25, -0.2) is 4.39 Å². The molecular formula is C14H23FN2O. The molecule has 0 aromatic heterocycles. The number of benzene rings is 1. The van der Waals surface area contributed by atoms with E-state index in [1.807, 2.05) is 7.05 Å². The Bertz CT molecular complexity index is 369. The molecule has 102 valence electrons. The predicted molar refractivity (Wildman–Crippen MR) is 72.4 cm³/mol. The van der Waals surface area contributed by atoms with Crippen LogP contribution in [-0.2, 0) is 6.54 Å². The molecule has 0 radical (unpaired) electrons. The maximum Gasteiger partial charge on any atom is 0.123 e. The van der Waals surface area contributed by atoms with Crippen LogP contribution < -0.4 is 10.1 Å². The monoisotopic (exact) mass is 254 g/mol. The van der Waals surface area contributed by atoms with E-state index in [2.05, 4.69) is 24.1 Å². The molecule has 0 aliphatic heterocycles. The summed E-state index contributed by atoms with van der Waals surface area (Å²) in [6.07, 6.45) is 0. The molecule has 0 unspecified atom stereocenters. The second-order valence-electron chi connectivity index (χ2n) is 4.80. The molecule has 1 aromatic rings. The Hall–Kier alpha value is -1.13. The second-order valence-corrected chi connectivity index (χ2v) is 4.80. The second kappa shape index (κ2) is 7.34. The van der Waals surface area contributed by atoms with Gasteiger partial charge in [-0.3, -0.25) is 0 Å². The minimum atomic E-state index is -0.223. The summed E-state index contributed by atoms with van der Waals surface area (Å²) in [5.74, 6) is 0.513. The smallest absolute Gasteiger partial charge is 0.123 e. The minimum absolute atomic E-state index is 0.223. The van der Waals surface area contributed by atoms with Crippen LogP contribution in [-0.4, -0.2) is 38.2 Å². The molecule has 0 amide bonds. The van der Waals surface area contributed by atoms with Crippen LogP contribution in [0.15, 0.2) is 18.2 Å². The number of hydrogen-bond donors (Lipinski definition) is 1. The van der Waals surface area contributed by atoms with Crippen LogP contribution in [0.4, 0.5) is 4.39 Å². The Balaban J connectivity index is 2.52. The van der Waals surface area contributed by atoms with Gasteiger partial charge in [0.05, 0.1) is 7.11 Å². The van der Waals surface area contributed by atoms with Crippen LogP contribution in [0.2, 0.25) is 0 Å². The number of halogens is 1. The van der Waals surface area contributed by atoms with Crippen molar-refractivity contribution in [1.29, 1.82) is 0 Å². The molecule has 0 heterocycles. The fourth-order valence-electron chi connectivity index (χ4n) is 1.78. The normalized spacial score (nSPS) is 11.3. The molecule has 0 fully saturated rings. The molecule has 0 aliphatic rings. The van der Waals surface area contributed by atoms with E-state index < -0.39 is 0 Å². The number of methoxy groups -OCH3 is 1. The zero-order valence-corrected chi connectivity index (χ0v) is 11.7. The van der Waals surface area contributed by atoms with Crippen molar-refractivity contribution >= 4 is 0 Å². The van der Waals surface area contributed by atoms with E-state index in [4.69, 9.17) is 4.74 Å². The van der Waals surface area contributed by atoms with Crippen molar-refractivity contribution in [3.8, 4) is 5.75 Å². The third kappa shape index (κ3) is 5.02. The Labute approximate surface area is 109 Å². The molecule has 1 aromatic carbocycles. The third-order valence-corrected chi connectivity index (χ3v) is 2.73. The van der Waals surface area contributed by atoms with Crippen molar-refractivity contribution in [2.45, 2.75) is 26.4 Å². The molecule has 0 saturated carbocycles. The summed E-state index contributed by atoms with van der Waals surface area (Å²) < 4.78 is 18.4. The number of nitrogens with zero attached hydrogens (tertiary/aromatic N) is 1. The highest BCUT2D eigenvalue weighted by molar-refractivity contribution is 5.33. The van der Waals surface area contributed by atoms with Gasteiger partial charge in [0.15, 0.2) is 0 Å². The Kier molecular flexibility index (Phi) is 6.09. The van der Waals surface area contributed by atoms with E-state index >= 15 is 0 Å². The van der Waals surface area contributed by atoms with E-state index in [-0.39, 0.29) is 5.82 Å². The largest absolute Gasteiger partial charge is 0.496 e. The molecule has 4 heteroatoms. The van der Waals surface area contributed by atoms with Crippen LogP contribution in [0, 0.1) is 5.82 Å². The molecule has 0 aliphatic carbocycles. The molecule has 1 rings (SSSR count). The van der Waals surface area contributed by atoms with Crippen LogP contribution in [0.25, 0.3) is 0 Å². The van der Waals surface area contributed by atoms with Crippen LogP contribution in [0.5, 0.6) is 5.75 Å². The lowest BCUT2D eigenvalue weighted by Crippen LogP contribution is -2.32. The predicted octanol–water partition coefficient (Wildman–Crippen LogP) is 2.26. The van der Waals surface area contributed by atoms with Gasteiger partial charge in [-0.15, -0.1) is 0 Å². The van der Waals surface area contributed by atoms with E-state index in [0.29, 0.717) is 12.6 Å². The van der Waals surface area contributed by atoms with Crippen molar-refractivity contribution < 1.29 is 9.13 Å². The SMILES string of the molecule is COc1ccc(F)cc1CN(C)CCNC(C)C. The molecular weight excluding hydrogens is 231 g/mol. The van der Waals surface area contributed by atoms with Gasteiger partial charge in [0.2, 0.25) is 0 Å². The number of ether oxygens (including phenoxy) is 1. The first-order valence-corrected chi connectivity index (χ1v) is 6.27. The van der Waals surface area contributed by atoms with Gasteiger partial charge in [0.1, 0.15) is 11.6 Å². The molecule has 0 saturated heterocycles. The molecule has 0 bridgehead atoms.